The van der Waals surface area contributed by atoms with E-state index in [2.05, 4.69) is 4.98 Å². The van der Waals surface area contributed by atoms with Crippen molar-refractivity contribution in [1.29, 1.82) is 0 Å². The third-order valence-electron chi connectivity index (χ3n) is 4.92. The fraction of sp³-hybridized carbons (Fsp3) is 0.474. The number of nitrogens with zero attached hydrogens (tertiary/aromatic N) is 2. The van der Waals surface area contributed by atoms with Gasteiger partial charge < -0.3 is 0 Å². The van der Waals surface area contributed by atoms with Crippen LogP contribution in [0.25, 0.3) is 5.69 Å². The highest BCUT2D eigenvalue weighted by Crippen LogP contribution is 2.42. The van der Waals surface area contributed by atoms with E-state index in [1.807, 2.05) is 31.2 Å². The minimum absolute atomic E-state index is 0.0892. The Morgan fingerprint density at radius 2 is 1.64 bits per heavy atom. The lowest BCUT2D eigenvalue weighted by molar-refractivity contribution is -0.182. The number of hydrogen-bond donors (Lipinski definition) is 0. The van der Waals surface area contributed by atoms with Gasteiger partial charge in [-0.25, -0.2) is 4.98 Å². The molecule has 0 amide bonds. The summed E-state index contributed by atoms with van der Waals surface area (Å²) in [6.45, 7) is 3.70. The van der Waals surface area contributed by atoms with E-state index in [0.717, 1.165) is 5.56 Å². The second-order valence-electron chi connectivity index (χ2n) is 6.86. The summed E-state index contributed by atoms with van der Waals surface area (Å²) in [5, 5.41) is 0. The first kappa shape index (κ1) is 17.7. The zero-order valence-corrected chi connectivity index (χ0v) is 14.3. The zero-order chi connectivity index (χ0) is 18.2. The topological polar surface area (TPSA) is 34.9 Å². The molecule has 1 aliphatic rings. The number of benzene rings is 1. The molecular formula is C19H21F3N2O. The fourth-order valence-electron chi connectivity index (χ4n) is 3.53. The maximum atomic E-state index is 12.9. The van der Waals surface area contributed by atoms with Gasteiger partial charge in [-0.15, -0.1) is 0 Å². The summed E-state index contributed by atoms with van der Waals surface area (Å²) >= 11 is 0. The maximum Gasteiger partial charge on any atom is 0.391 e. The summed E-state index contributed by atoms with van der Waals surface area (Å²) in [7, 11) is 0. The minimum Gasteiger partial charge on any atom is -0.269 e. The molecule has 1 saturated carbocycles. The molecule has 1 aromatic heterocycles. The third-order valence-corrected chi connectivity index (χ3v) is 4.92. The molecular weight excluding hydrogens is 329 g/mol. The molecule has 0 spiro atoms. The van der Waals surface area contributed by atoms with Gasteiger partial charge in [0, 0.05) is 17.7 Å². The van der Waals surface area contributed by atoms with Gasteiger partial charge in [-0.2, -0.15) is 13.2 Å². The fourth-order valence-corrected chi connectivity index (χ4v) is 3.53. The first-order chi connectivity index (χ1) is 11.8. The van der Waals surface area contributed by atoms with Crippen molar-refractivity contribution in [3.63, 3.8) is 0 Å². The highest BCUT2D eigenvalue weighted by atomic mass is 19.4. The smallest absolute Gasteiger partial charge is 0.269 e. The van der Waals surface area contributed by atoms with Crippen LogP contribution in [0.15, 0.2) is 35.1 Å². The summed E-state index contributed by atoms with van der Waals surface area (Å²) in [5.74, 6) is -0.796. The van der Waals surface area contributed by atoms with Crippen LogP contribution in [0.1, 0.15) is 48.7 Å². The van der Waals surface area contributed by atoms with Gasteiger partial charge in [0.2, 0.25) is 0 Å². The van der Waals surface area contributed by atoms with Crippen LogP contribution in [0, 0.1) is 19.8 Å². The van der Waals surface area contributed by atoms with Crippen LogP contribution in [0.5, 0.6) is 0 Å². The van der Waals surface area contributed by atoms with E-state index in [1.165, 1.54) is 6.07 Å². The number of halogens is 3. The predicted octanol–water partition coefficient (Wildman–Crippen LogP) is 4.69. The largest absolute Gasteiger partial charge is 0.391 e. The Morgan fingerprint density at radius 3 is 2.20 bits per heavy atom. The van der Waals surface area contributed by atoms with Crippen LogP contribution in [-0.2, 0) is 0 Å². The van der Waals surface area contributed by atoms with Gasteiger partial charge in [0.05, 0.1) is 11.6 Å². The van der Waals surface area contributed by atoms with Crippen molar-refractivity contribution in [2.75, 3.05) is 0 Å². The van der Waals surface area contributed by atoms with Gasteiger partial charge in [-0.3, -0.25) is 9.36 Å². The van der Waals surface area contributed by atoms with E-state index in [1.54, 1.807) is 11.5 Å². The molecule has 0 bridgehead atoms. The Hall–Kier alpha value is -2.11. The molecule has 134 valence electrons. The summed E-state index contributed by atoms with van der Waals surface area (Å²) < 4.78 is 40.3. The number of aryl methyl sites for hydroxylation is 2. The van der Waals surface area contributed by atoms with Gasteiger partial charge in [0.1, 0.15) is 5.82 Å². The molecule has 1 heterocycles. The van der Waals surface area contributed by atoms with Crippen LogP contribution < -0.4 is 5.56 Å². The lowest BCUT2D eigenvalue weighted by atomic mass is 9.81. The Kier molecular flexibility index (Phi) is 4.71. The first-order valence-electron chi connectivity index (χ1n) is 8.50. The summed E-state index contributed by atoms with van der Waals surface area (Å²) in [5.41, 5.74) is 2.19. The molecule has 0 saturated heterocycles. The van der Waals surface area contributed by atoms with Crippen LogP contribution in [0.2, 0.25) is 0 Å². The van der Waals surface area contributed by atoms with Gasteiger partial charge >= 0.3 is 6.18 Å². The SMILES string of the molecule is Cc1ccc(-n2c(C3CCC(C(F)(F)F)CC3)nc(C)cc2=O)cc1. The Morgan fingerprint density at radius 1 is 1.04 bits per heavy atom. The standard InChI is InChI=1S/C19H21F3N2O/c1-12-3-9-16(10-4-12)24-17(25)11-13(2)23-18(24)14-5-7-15(8-6-14)19(20,21)22/h3-4,9-11,14-15H,5-8H2,1-2H3. The Bertz CT molecular complexity index is 801. The molecule has 0 atom stereocenters. The van der Waals surface area contributed by atoms with Gasteiger partial charge in [-0.05, 0) is 51.7 Å². The molecule has 6 heteroatoms. The molecule has 0 unspecified atom stereocenters. The molecule has 0 radical (unpaired) electrons. The molecule has 2 aromatic rings. The van der Waals surface area contributed by atoms with Gasteiger partial charge in [0.15, 0.2) is 0 Å². The van der Waals surface area contributed by atoms with Crippen molar-refractivity contribution >= 4 is 0 Å². The van der Waals surface area contributed by atoms with Crippen LogP contribution >= 0.6 is 0 Å². The van der Waals surface area contributed by atoms with E-state index in [-0.39, 0.29) is 24.3 Å². The van der Waals surface area contributed by atoms with Crippen molar-refractivity contribution in [3.8, 4) is 5.69 Å². The highest BCUT2D eigenvalue weighted by Gasteiger charge is 2.42. The summed E-state index contributed by atoms with van der Waals surface area (Å²) in [4.78, 5) is 17.1. The summed E-state index contributed by atoms with van der Waals surface area (Å²) in [6.07, 6.45) is -3.17. The minimum atomic E-state index is -4.14. The van der Waals surface area contributed by atoms with Crippen molar-refractivity contribution < 1.29 is 13.2 Å². The van der Waals surface area contributed by atoms with Crippen LogP contribution in [-0.4, -0.2) is 15.7 Å². The second kappa shape index (κ2) is 6.65. The molecule has 0 N–H and O–H groups in total. The molecule has 1 fully saturated rings. The molecule has 1 aromatic carbocycles. The number of aromatic nitrogens is 2. The number of rotatable bonds is 2. The van der Waals surface area contributed by atoms with Crippen molar-refractivity contribution in [2.45, 2.75) is 51.6 Å². The predicted molar refractivity (Wildman–Crippen MR) is 90.1 cm³/mol. The number of alkyl halides is 3. The summed E-state index contributed by atoms with van der Waals surface area (Å²) in [6, 6.07) is 8.97. The van der Waals surface area contributed by atoms with E-state index < -0.39 is 12.1 Å². The third kappa shape index (κ3) is 3.78. The van der Waals surface area contributed by atoms with Gasteiger partial charge in [0.25, 0.3) is 5.56 Å². The highest BCUT2D eigenvalue weighted by molar-refractivity contribution is 5.36. The van der Waals surface area contributed by atoms with E-state index in [4.69, 9.17) is 0 Å². The average Bonchev–Trinajstić information content (AvgIpc) is 2.55. The van der Waals surface area contributed by atoms with Crippen molar-refractivity contribution in [1.82, 2.24) is 9.55 Å². The monoisotopic (exact) mass is 350 g/mol. The number of hydrogen-bond acceptors (Lipinski definition) is 2. The molecule has 25 heavy (non-hydrogen) atoms. The normalized spacial score (nSPS) is 21.3. The maximum absolute atomic E-state index is 12.9. The Labute approximate surface area is 144 Å². The molecule has 1 aliphatic carbocycles. The molecule has 3 rings (SSSR count). The van der Waals surface area contributed by atoms with Crippen molar-refractivity contribution in [3.05, 3.63) is 57.8 Å². The molecule has 0 aliphatic heterocycles. The second-order valence-corrected chi connectivity index (χ2v) is 6.86. The lowest BCUT2D eigenvalue weighted by Crippen LogP contribution is -2.30. The van der Waals surface area contributed by atoms with Gasteiger partial charge in [-0.1, -0.05) is 17.7 Å². The van der Waals surface area contributed by atoms with E-state index in [0.29, 0.717) is 30.0 Å². The Balaban J connectivity index is 1.97. The van der Waals surface area contributed by atoms with Crippen LogP contribution in [0.4, 0.5) is 13.2 Å². The average molecular weight is 350 g/mol. The first-order valence-corrected chi connectivity index (χ1v) is 8.50. The van der Waals surface area contributed by atoms with Crippen LogP contribution in [0.3, 0.4) is 0 Å². The zero-order valence-electron chi connectivity index (χ0n) is 14.3. The van der Waals surface area contributed by atoms with Crippen molar-refractivity contribution in [2.24, 2.45) is 5.92 Å². The van der Waals surface area contributed by atoms with E-state index >= 15 is 0 Å². The lowest BCUT2D eigenvalue weighted by Gasteiger charge is -2.30. The molecule has 3 nitrogen and oxygen atoms in total. The van der Waals surface area contributed by atoms with E-state index in [9.17, 15) is 18.0 Å². The quantitative estimate of drug-likeness (QED) is 0.788.